The third kappa shape index (κ3) is 7.03. The minimum Gasteiger partial charge on any atom is -0.493 e. The molecule has 0 aromatic heterocycles. The molecule has 40 heavy (non-hydrogen) atoms. The summed E-state index contributed by atoms with van der Waals surface area (Å²) in [7, 11) is 0. The van der Waals surface area contributed by atoms with E-state index < -0.39 is 0 Å². The average Bonchev–Trinajstić information content (AvgIpc) is 3.47. The number of rotatable bonds is 10. The highest BCUT2D eigenvalue weighted by Gasteiger charge is 2.32. The van der Waals surface area contributed by atoms with E-state index in [4.69, 9.17) is 9.47 Å². The summed E-state index contributed by atoms with van der Waals surface area (Å²) < 4.78 is 11.8. The van der Waals surface area contributed by atoms with Crippen LogP contribution < -0.4 is 10.1 Å². The Balaban J connectivity index is 1.08. The first kappa shape index (κ1) is 27.3. The monoisotopic (exact) mass is 541 g/mol. The molecule has 1 aliphatic carbocycles. The van der Waals surface area contributed by atoms with Crippen molar-refractivity contribution in [3.8, 4) is 5.75 Å². The van der Waals surface area contributed by atoms with Crippen molar-refractivity contribution in [2.45, 2.75) is 38.6 Å². The lowest BCUT2D eigenvalue weighted by Gasteiger charge is -2.37. The number of likely N-dealkylation sites (tertiary alicyclic amines) is 1. The minimum atomic E-state index is -0.0220. The molecule has 3 aromatic rings. The van der Waals surface area contributed by atoms with Crippen molar-refractivity contribution in [2.75, 3.05) is 59.1 Å². The highest BCUT2D eigenvalue weighted by Crippen LogP contribution is 2.29. The molecule has 0 unspecified atom stereocenters. The van der Waals surface area contributed by atoms with E-state index in [2.05, 4.69) is 75.8 Å². The number of morpholine rings is 1. The second kappa shape index (κ2) is 13.2. The van der Waals surface area contributed by atoms with Crippen LogP contribution in [0, 0.1) is 11.8 Å². The third-order valence-corrected chi connectivity index (χ3v) is 8.81. The van der Waals surface area contributed by atoms with Gasteiger partial charge >= 0.3 is 0 Å². The molecular formula is C34H43N3O3. The number of amides is 1. The molecule has 1 N–H and O–H groups in total. The molecule has 2 atom stereocenters. The molecule has 6 rings (SSSR count). The molecule has 2 heterocycles. The first-order valence-electron chi connectivity index (χ1n) is 15.2. The van der Waals surface area contributed by atoms with Gasteiger partial charge in [-0.2, -0.15) is 0 Å². The maximum Gasteiger partial charge on any atom is 0.224 e. The van der Waals surface area contributed by atoms with Crippen molar-refractivity contribution >= 4 is 16.7 Å². The van der Waals surface area contributed by atoms with Gasteiger partial charge in [0.1, 0.15) is 5.75 Å². The van der Waals surface area contributed by atoms with Gasteiger partial charge in [-0.1, -0.05) is 42.5 Å². The van der Waals surface area contributed by atoms with Gasteiger partial charge in [-0.25, -0.2) is 0 Å². The van der Waals surface area contributed by atoms with Crippen LogP contribution in [-0.4, -0.2) is 74.8 Å². The Hall–Kier alpha value is -2.93. The van der Waals surface area contributed by atoms with Gasteiger partial charge in [0, 0.05) is 45.2 Å². The fourth-order valence-electron chi connectivity index (χ4n) is 6.67. The lowest BCUT2D eigenvalue weighted by atomic mass is 9.88. The molecule has 1 amide bonds. The summed E-state index contributed by atoms with van der Waals surface area (Å²) >= 11 is 0. The first-order chi connectivity index (χ1) is 19.7. The van der Waals surface area contributed by atoms with Crippen molar-refractivity contribution in [1.82, 2.24) is 15.1 Å². The van der Waals surface area contributed by atoms with Gasteiger partial charge in [0.25, 0.3) is 0 Å². The van der Waals surface area contributed by atoms with Crippen LogP contribution in [0.4, 0.5) is 0 Å². The highest BCUT2D eigenvalue weighted by molar-refractivity contribution is 5.83. The molecule has 212 valence electrons. The standard InChI is InChI=1S/C34H43N3O3/c38-34(35-13-4-14-36-15-17-39-18-16-36)32-20-27(25-40-33-12-11-29-7-3-8-31(29)21-33)23-37(24-32)22-26-9-10-28-5-1-2-6-30(28)19-26/h1-2,5-6,9-12,19,21,27,32H,3-4,7-8,13-18,20,22-25H2,(H,35,38)/t27-,32+/m0/s1. The fraction of sp³-hybridized carbons (Fsp3) is 0.500. The van der Waals surface area contributed by atoms with Gasteiger partial charge in [-0.15, -0.1) is 0 Å². The van der Waals surface area contributed by atoms with E-state index in [0.717, 1.165) is 84.0 Å². The predicted octanol–water partition coefficient (Wildman–Crippen LogP) is 4.68. The lowest BCUT2D eigenvalue weighted by molar-refractivity contribution is -0.127. The highest BCUT2D eigenvalue weighted by atomic mass is 16.5. The van der Waals surface area contributed by atoms with E-state index >= 15 is 0 Å². The van der Waals surface area contributed by atoms with Gasteiger partial charge in [0.05, 0.1) is 25.7 Å². The number of ether oxygens (including phenoxy) is 2. The van der Waals surface area contributed by atoms with E-state index in [1.165, 1.54) is 40.3 Å². The van der Waals surface area contributed by atoms with E-state index in [1.54, 1.807) is 0 Å². The molecule has 2 saturated heterocycles. The summed E-state index contributed by atoms with van der Waals surface area (Å²) in [5, 5.41) is 5.79. The number of hydrogen-bond donors (Lipinski definition) is 1. The van der Waals surface area contributed by atoms with Gasteiger partial charge in [-0.3, -0.25) is 14.6 Å². The topological polar surface area (TPSA) is 54.0 Å². The fourth-order valence-corrected chi connectivity index (χ4v) is 6.67. The average molecular weight is 542 g/mol. The summed E-state index contributed by atoms with van der Waals surface area (Å²) in [5.74, 6) is 1.45. The largest absolute Gasteiger partial charge is 0.493 e. The number of benzene rings is 3. The van der Waals surface area contributed by atoms with E-state index in [0.29, 0.717) is 12.5 Å². The van der Waals surface area contributed by atoms with Crippen molar-refractivity contribution < 1.29 is 14.3 Å². The van der Waals surface area contributed by atoms with Crippen molar-refractivity contribution in [3.05, 3.63) is 77.4 Å². The second-order valence-corrected chi connectivity index (χ2v) is 11.9. The second-order valence-electron chi connectivity index (χ2n) is 11.9. The van der Waals surface area contributed by atoms with E-state index in [1.807, 2.05) is 0 Å². The summed E-state index contributed by atoms with van der Waals surface area (Å²) in [4.78, 5) is 18.2. The maximum absolute atomic E-state index is 13.4. The van der Waals surface area contributed by atoms with Crippen LogP contribution in [0.25, 0.3) is 10.8 Å². The first-order valence-corrected chi connectivity index (χ1v) is 15.2. The quantitative estimate of drug-likeness (QED) is 0.378. The molecule has 6 nitrogen and oxygen atoms in total. The van der Waals surface area contributed by atoms with Crippen LogP contribution in [0.2, 0.25) is 0 Å². The molecule has 0 radical (unpaired) electrons. The zero-order chi connectivity index (χ0) is 27.1. The number of carbonyl (C=O) groups excluding carboxylic acids is 1. The Labute approximate surface area is 238 Å². The third-order valence-electron chi connectivity index (χ3n) is 8.81. The molecule has 6 heteroatoms. The molecule has 3 aliphatic rings. The number of hydrogen-bond acceptors (Lipinski definition) is 5. The smallest absolute Gasteiger partial charge is 0.224 e. The van der Waals surface area contributed by atoms with Gasteiger partial charge in [0.2, 0.25) is 5.91 Å². The number of aryl methyl sites for hydroxylation is 2. The zero-order valence-corrected chi connectivity index (χ0v) is 23.7. The molecule has 2 aliphatic heterocycles. The Bertz CT molecular complexity index is 1290. The Morgan fingerprint density at radius 2 is 1.77 bits per heavy atom. The number of fused-ring (bicyclic) bond motifs is 2. The summed E-state index contributed by atoms with van der Waals surface area (Å²) in [6.45, 7) is 8.59. The number of piperidine rings is 1. The number of nitrogens with zero attached hydrogens (tertiary/aromatic N) is 2. The lowest BCUT2D eigenvalue weighted by Crippen LogP contribution is -2.47. The Kier molecular flexibility index (Phi) is 8.96. The predicted molar refractivity (Wildman–Crippen MR) is 160 cm³/mol. The van der Waals surface area contributed by atoms with Gasteiger partial charge < -0.3 is 14.8 Å². The minimum absolute atomic E-state index is 0.0220. The molecule has 0 saturated carbocycles. The normalized spacial score (nSPS) is 21.8. The molecular weight excluding hydrogens is 498 g/mol. The molecule has 0 bridgehead atoms. The summed E-state index contributed by atoms with van der Waals surface area (Å²) in [6, 6.07) is 21.8. The van der Waals surface area contributed by atoms with Crippen LogP contribution in [0.15, 0.2) is 60.7 Å². The van der Waals surface area contributed by atoms with Crippen LogP contribution in [0.5, 0.6) is 5.75 Å². The molecule has 0 spiro atoms. The van der Waals surface area contributed by atoms with Crippen molar-refractivity contribution in [1.29, 1.82) is 0 Å². The van der Waals surface area contributed by atoms with E-state index in [-0.39, 0.29) is 11.8 Å². The SMILES string of the molecule is O=C(NCCCN1CCOCC1)[C@@H]1C[C@H](COc2ccc3c(c2)CCC3)CN(Cc2ccc3ccccc3c2)C1. The zero-order valence-electron chi connectivity index (χ0n) is 23.7. The Morgan fingerprint density at radius 1 is 0.925 bits per heavy atom. The van der Waals surface area contributed by atoms with Crippen LogP contribution >= 0.6 is 0 Å². The number of nitrogens with one attached hydrogen (secondary N) is 1. The molecule has 2 fully saturated rings. The van der Waals surface area contributed by atoms with Crippen LogP contribution in [-0.2, 0) is 28.9 Å². The van der Waals surface area contributed by atoms with Gasteiger partial charge in [0.15, 0.2) is 0 Å². The Morgan fingerprint density at radius 3 is 2.67 bits per heavy atom. The molecule has 3 aromatic carbocycles. The maximum atomic E-state index is 13.4. The van der Waals surface area contributed by atoms with Crippen molar-refractivity contribution in [3.63, 3.8) is 0 Å². The summed E-state index contributed by atoms with van der Waals surface area (Å²) in [5.41, 5.74) is 4.20. The van der Waals surface area contributed by atoms with Crippen LogP contribution in [0.3, 0.4) is 0 Å². The van der Waals surface area contributed by atoms with Crippen LogP contribution in [0.1, 0.15) is 36.0 Å². The number of carbonyl (C=O) groups is 1. The van der Waals surface area contributed by atoms with Gasteiger partial charge in [-0.05, 0) is 84.3 Å². The summed E-state index contributed by atoms with van der Waals surface area (Å²) in [6.07, 6.45) is 5.43. The van der Waals surface area contributed by atoms with Crippen molar-refractivity contribution in [2.24, 2.45) is 11.8 Å². The van der Waals surface area contributed by atoms with E-state index in [9.17, 15) is 4.79 Å².